The maximum atomic E-state index is 13.1. The second kappa shape index (κ2) is 8.52. The number of nitrogens with zero attached hydrogens (tertiary/aromatic N) is 4. The fourth-order valence-electron chi connectivity index (χ4n) is 4.20. The van der Waals surface area contributed by atoms with Crippen molar-refractivity contribution in [1.29, 1.82) is 0 Å². The topological polar surface area (TPSA) is 126 Å². The Hall–Kier alpha value is -3.56. The summed E-state index contributed by atoms with van der Waals surface area (Å²) in [6.45, 7) is 2.73. The first-order valence-electron chi connectivity index (χ1n) is 10.6. The van der Waals surface area contributed by atoms with Gasteiger partial charge in [-0.3, -0.25) is 9.78 Å². The molecule has 9 heteroatoms. The van der Waals surface area contributed by atoms with E-state index in [-0.39, 0.29) is 17.6 Å². The Morgan fingerprint density at radius 3 is 2.81 bits per heavy atom. The van der Waals surface area contributed by atoms with Gasteiger partial charge in [0.25, 0.3) is 5.91 Å². The molecule has 2 aliphatic rings. The molecule has 0 bridgehead atoms. The van der Waals surface area contributed by atoms with Crippen LogP contribution in [0.5, 0.6) is 0 Å². The van der Waals surface area contributed by atoms with E-state index in [0.717, 1.165) is 35.5 Å². The summed E-state index contributed by atoms with van der Waals surface area (Å²) in [5.74, 6) is -0.393. The number of ether oxygens (including phenoxy) is 1. The lowest BCUT2D eigenvalue weighted by Crippen LogP contribution is -2.36. The van der Waals surface area contributed by atoms with E-state index in [1.807, 2.05) is 24.3 Å². The van der Waals surface area contributed by atoms with Gasteiger partial charge in [0, 0.05) is 24.8 Å². The molecule has 2 aromatic heterocycles. The molecule has 32 heavy (non-hydrogen) atoms. The summed E-state index contributed by atoms with van der Waals surface area (Å²) in [6, 6.07) is 7.77. The van der Waals surface area contributed by atoms with E-state index in [9.17, 15) is 9.90 Å². The molecule has 0 radical (unpaired) electrons. The zero-order valence-corrected chi connectivity index (χ0v) is 17.5. The zero-order chi connectivity index (χ0) is 22.1. The van der Waals surface area contributed by atoms with Crippen LogP contribution >= 0.6 is 0 Å². The molecule has 9 nitrogen and oxygen atoms in total. The average Bonchev–Trinajstić information content (AvgIpc) is 3.19. The van der Waals surface area contributed by atoms with Crippen LogP contribution in [0.25, 0.3) is 11.3 Å². The number of nitrogens with one attached hydrogen (secondary N) is 1. The smallest absolute Gasteiger partial charge is 0.278 e. The van der Waals surface area contributed by atoms with Crippen molar-refractivity contribution in [3.63, 3.8) is 0 Å². The Morgan fingerprint density at radius 1 is 1.16 bits per heavy atom. The third-order valence-corrected chi connectivity index (χ3v) is 5.83. The van der Waals surface area contributed by atoms with Crippen LogP contribution in [-0.4, -0.2) is 58.4 Å². The van der Waals surface area contributed by atoms with Crippen LogP contribution in [0.4, 0.5) is 17.2 Å². The summed E-state index contributed by atoms with van der Waals surface area (Å²) in [6.07, 6.45) is 5.79. The molecule has 5 rings (SSSR count). The fraction of sp³-hybridized carbons (Fsp3) is 0.304. The van der Waals surface area contributed by atoms with E-state index in [0.29, 0.717) is 37.4 Å². The lowest BCUT2D eigenvalue weighted by Gasteiger charge is -2.30. The molecule has 1 fully saturated rings. The molecular weight excluding hydrogens is 408 g/mol. The Morgan fingerprint density at radius 2 is 1.97 bits per heavy atom. The number of morpholine rings is 1. The predicted molar refractivity (Wildman–Crippen MR) is 121 cm³/mol. The summed E-state index contributed by atoms with van der Waals surface area (Å²) in [7, 11) is 0. The Balaban J connectivity index is 1.41. The van der Waals surface area contributed by atoms with E-state index >= 15 is 0 Å². The minimum Gasteiger partial charge on any atom is -0.392 e. The largest absolute Gasteiger partial charge is 0.392 e. The van der Waals surface area contributed by atoms with Crippen LogP contribution < -0.4 is 16.0 Å². The molecule has 0 spiro atoms. The number of hydrogen-bond donors (Lipinski definition) is 3. The number of carbonyl (C=O) groups is 1. The quantitative estimate of drug-likeness (QED) is 0.568. The van der Waals surface area contributed by atoms with Crippen molar-refractivity contribution in [1.82, 2.24) is 15.0 Å². The second-order valence-corrected chi connectivity index (χ2v) is 7.98. The van der Waals surface area contributed by atoms with Crippen LogP contribution in [-0.2, 0) is 17.6 Å². The van der Waals surface area contributed by atoms with E-state index in [1.165, 1.54) is 0 Å². The molecule has 1 unspecified atom stereocenters. The zero-order valence-electron chi connectivity index (χ0n) is 17.5. The summed E-state index contributed by atoms with van der Waals surface area (Å²) >= 11 is 0. The van der Waals surface area contributed by atoms with Crippen molar-refractivity contribution >= 4 is 23.1 Å². The van der Waals surface area contributed by atoms with Gasteiger partial charge in [-0.2, -0.15) is 0 Å². The van der Waals surface area contributed by atoms with Crippen molar-refractivity contribution in [3.05, 3.63) is 59.7 Å². The van der Waals surface area contributed by atoms with E-state index in [4.69, 9.17) is 10.5 Å². The highest BCUT2D eigenvalue weighted by atomic mass is 16.5. The van der Waals surface area contributed by atoms with Crippen LogP contribution in [0.1, 0.15) is 21.6 Å². The first-order chi connectivity index (χ1) is 15.6. The average molecular weight is 432 g/mol. The van der Waals surface area contributed by atoms with Crippen molar-refractivity contribution in [2.75, 3.05) is 42.3 Å². The first kappa shape index (κ1) is 20.3. The van der Waals surface area contributed by atoms with Gasteiger partial charge < -0.3 is 25.8 Å². The summed E-state index contributed by atoms with van der Waals surface area (Å²) in [5, 5.41) is 12.8. The molecule has 0 saturated carbocycles. The van der Waals surface area contributed by atoms with Crippen molar-refractivity contribution in [3.8, 4) is 11.3 Å². The second-order valence-electron chi connectivity index (χ2n) is 7.98. The molecule has 3 aromatic rings. The third kappa shape index (κ3) is 4.00. The van der Waals surface area contributed by atoms with Gasteiger partial charge in [-0.05, 0) is 36.1 Å². The summed E-state index contributed by atoms with van der Waals surface area (Å²) in [4.78, 5) is 28.1. The van der Waals surface area contributed by atoms with Crippen LogP contribution in [0, 0.1) is 0 Å². The van der Waals surface area contributed by atoms with Crippen molar-refractivity contribution < 1.29 is 14.6 Å². The number of aliphatic hydroxyl groups excluding tert-OH is 1. The number of hydrogen-bond acceptors (Lipinski definition) is 8. The van der Waals surface area contributed by atoms with Gasteiger partial charge in [0.15, 0.2) is 11.5 Å². The molecule has 1 aromatic carbocycles. The molecule has 1 saturated heterocycles. The monoisotopic (exact) mass is 432 g/mol. The lowest BCUT2D eigenvalue weighted by molar-refractivity contribution is 0.102. The van der Waals surface area contributed by atoms with E-state index in [1.54, 1.807) is 18.6 Å². The lowest BCUT2D eigenvalue weighted by atomic mass is 10.0. The number of nitrogen functional groups attached to an aromatic ring is 1. The first-order valence-corrected chi connectivity index (χ1v) is 10.6. The third-order valence-electron chi connectivity index (χ3n) is 5.83. The van der Waals surface area contributed by atoms with Crippen molar-refractivity contribution in [2.45, 2.75) is 18.9 Å². The predicted octanol–water partition coefficient (Wildman–Crippen LogP) is 1.67. The standard InChI is InChI=1S/C23H24N6O3/c24-22-21(23(31)28-19-12-25-4-3-20(19)29-5-7-32-8-6-29)27-18(13-26-22)15-2-1-14-10-17(30)11-16(14)9-15/h1-4,9,12-13,17,30H,5-8,10-11H2,(H2,24,26)(H,28,31). The molecule has 164 valence electrons. The van der Waals surface area contributed by atoms with Gasteiger partial charge in [-0.1, -0.05) is 12.1 Å². The molecule has 1 amide bonds. The summed E-state index contributed by atoms with van der Waals surface area (Å²) in [5.41, 5.74) is 11.1. The number of carbonyl (C=O) groups excluding carboxylic acids is 1. The van der Waals surface area contributed by atoms with Crippen molar-refractivity contribution in [2.24, 2.45) is 0 Å². The highest BCUT2D eigenvalue weighted by Crippen LogP contribution is 2.29. The fourth-order valence-corrected chi connectivity index (χ4v) is 4.20. The van der Waals surface area contributed by atoms with Gasteiger partial charge in [0.1, 0.15) is 0 Å². The summed E-state index contributed by atoms with van der Waals surface area (Å²) < 4.78 is 5.42. The minimum absolute atomic E-state index is 0.0552. The number of amides is 1. The van der Waals surface area contributed by atoms with Gasteiger partial charge >= 0.3 is 0 Å². The van der Waals surface area contributed by atoms with Gasteiger partial charge in [-0.15, -0.1) is 0 Å². The van der Waals surface area contributed by atoms with Crippen LogP contribution in [0.2, 0.25) is 0 Å². The van der Waals surface area contributed by atoms with E-state index < -0.39 is 5.91 Å². The maximum Gasteiger partial charge on any atom is 0.278 e. The molecule has 1 aliphatic carbocycles. The number of rotatable bonds is 4. The number of aromatic nitrogens is 3. The van der Waals surface area contributed by atoms with Crippen LogP contribution in [0.3, 0.4) is 0 Å². The highest BCUT2D eigenvalue weighted by Gasteiger charge is 2.22. The number of fused-ring (bicyclic) bond motifs is 1. The number of benzene rings is 1. The highest BCUT2D eigenvalue weighted by molar-refractivity contribution is 6.07. The number of aliphatic hydroxyl groups is 1. The maximum absolute atomic E-state index is 13.1. The number of pyridine rings is 1. The Labute approximate surface area is 185 Å². The van der Waals surface area contributed by atoms with Crippen LogP contribution in [0.15, 0.2) is 42.9 Å². The normalized spacial score (nSPS) is 17.8. The minimum atomic E-state index is -0.448. The molecule has 1 atom stereocenters. The Kier molecular flexibility index (Phi) is 5.42. The van der Waals surface area contributed by atoms with Gasteiger partial charge in [-0.25, -0.2) is 9.97 Å². The Bertz CT molecular complexity index is 1160. The molecule has 1 aliphatic heterocycles. The van der Waals surface area contributed by atoms with Gasteiger partial charge in [0.2, 0.25) is 0 Å². The molecular formula is C23H24N6O3. The molecule has 4 N–H and O–H groups in total. The molecule has 3 heterocycles. The SMILES string of the molecule is Nc1ncc(-c2ccc3c(c2)CC(O)C3)nc1C(=O)Nc1cnccc1N1CCOCC1. The number of nitrogens with two attached hydrogens (primary N) is 1. The number of anilines is 3. The van der Waals surface area contributed by atoms with Gasteiger partial charge in [0.05, 0.1) is 48.8 Å². The van der Waals surface area contributed by atoms with E-state index in [2.05, 4.69) is 25.2 Å².